The molecule has 46 heavy (non-hydrogen) atoms. The number of halogens is 1. The van der Waals surface area contributed by atoms with E-state index in [1.165, 1.54) is 14.0 Å². The van der Waals surface area contributed by atoms with Crippen molar-refractivity contribution in [3.8, 4) is 11.5 Å². The first kappa shape index (κ1) is 37.7. The van der Waals surface area contributed by atoms with Gasteiger partial charge in [0.15, 0.2) is 17.6 Å². The van der Waals surface area contributed by atoms with E-state index in [0.717, 1.165) is 29.6 Å². The molecule has 0 amide bonds. The van der Waals surface area contributed by atoms with Crippen LogP contribution in [-0.4, -0.2) is 60.7 Å². The van der Waals surface area contributed by atoms with Crippen molar-refractivity contribution < 1.29 is 34.0 Å². The van der Waals surface area contributed by atoms with Gasteiger partial charge in [-0.3, -0.25) is 9.78 Å². The molecule has 3 rings (SSSR count). The van der Waals surface area contributed by atoms with Gasteiger partial charge in [-0.2, -0.15) is 0 Å². The maximum absolute atomic E-state index is 12.6. The summed E-state index contributed by atoms with van der Waals surface area (Å²) in [6, 6.07) is 19.8. The predicted octanol–water partition coefficient (Wildman–Crippen LogP) is 6.09. The minimum absolute atomic E-state index is 0.302. The smallest absolute Gasteiger partial charge is 0.303 e. The highest BCUT2D eigenvalue weighted by molar-refractivity contribution is 9.10. The van der Waals surface area contributed by atoms with Crippen LogP contribution in [0.15, 0.2) is 71.3 Å². The topological polar surface area (TPSA) is 118 Å². The number of rotatable bonds is 18. The summed E-state index contributed by atoms with van der Waals surface area (Å²) in [5.74, 6) is 0.187. The maximum atomic E-state index is 12.6. The molecular formula is C36H50BrNO7Si. The first-order valence-electron chi connectivity index (χ1n) is 16.0. The fourth-order valence-corrected chi connectivity index (χ4v) is 10.4. The van der Waals surface area contributed by atoms with Crippen LogP contribution in [0.2, 0.25) is 5.04 Å². The molecule has 2 aromatic carbocycles. The Bertz CT molecular complexity index is 1350. The average molecular weight is 717 g/mol. The number of benzene rings is 2. The van der Waals surface area contributed by atoms with E-state index in [4.69, 9.17) is 14.2 Å². The van der Waals surface area contributed by atoms with Crippen LogP contribution in [-0.2, 0) is 9.53 Å². The molecule has 0 saturated carbocycles. The van der Waals surface area contributed by atoms with Crippen LogP contribution in [0.25, 0.3) is 0 Å². The van der Waals surface area contributed by atoms with Gasteiger partial charge < -0.3 is 29.2 Å². The second-order valence-electron chi connectivity index (χ2n) is 12.8. The molecule has 3 aromatic rings. The molecule has 1 heterocycles. The van der Waals surface area contributed by atoms with E-state index >= 15 is 0 Å². The SMILES string of the molecule is CCCCOc1c(Br)cnc(C(OC(C)=O)C(C)(CCCCC(C)(C)[Si](O)(c2ccccc2)c2ccccc2)C(O)CO)c1OC. The number of carbonyl (C=O) groups excluding carboxylic acids is 1. The molecule has 0 aliphatic rings. The zero-order valence-corrected chi connectivity index (χ0v) is 30.5. The average Bonchev–Trinajstić information content (AvgIpc) is 3.06. The van der Waals surface area contributed by atoms with Crippen LogP contribution >= 0.6 is 15.9 Å². The molecule has 3 N–H and O–H groups in total. The summed E-state index contributed by atoms with van der Waals surface area (Å²) in [6.07, 6.45) is 3.53. The summed E-state index contributed by atoms with van der Waals surface area (Å²) in [7, 11) is -1.69. The van der Waals surface area contributed by atoms with Gasteiger partial charge in [-0.25, -0.2) is 0 Å². The van der Waals surface area contributed by atoms with Crippen molar-refractivity contribution in [2.45, 2.75) is 90.4 Å². The Kier molecular flexibility index (Phi) is 13.8. The van der Waals surface area contributed by atoms with Crippen LogP contribution in [0.3, 0.4) is 0 Å². The van der Waals surface area contributed by atoms with Crippen LogP contribution in [0, 0.1) is 5.41 Å². The van der Waals surface area contributed by atoms with E-state index in [0.29, 0.717) is 47.5 Å². The summed E-state index contributed by atoms with van der Waals surface area (Å²) in [4.78, 5) is 29.6. The van der Waals surface area contributed by atoms with E-state index in [-0.39, 0.29) is 0 Å². The van der Waals surface area contributed by atoms with E-state index in [1.54, 1.807) is 13.1 Å². The lowest BCUT2D eigenvalue weighted by molar-refractivity contribution is -0.164. The molecule has 0 aliphatic heterocycles. The Balaban J connectivity index is 1.94. The first-order valence-corrected chi connectivity index (χ1v) is 18.8. The van der Waals surface area contributed by atoms with Crippen molar-refractivity contribution in [2.24, 2.45) is 5.41 Å². The minimum Gasteiger partial charge on any atom is -0.491 e. The maximum Gasteiger partial charge on any atom is 0.303 e. The predicted molar refractivity (Wildman–Crippen MR) is 187 cm³/mol. The van der Waals surface area contributed by atoms with Gasteiger partial charge in [0.1, 0.15) is 5.69 Å². The van der Waals surface area contributed by atoms with Crippen molar-refractivity contribution in [1.82, 2.24) is 4.98 Å². The summed E-state index contributed by atoms with van der Waals surface area (Å²) >= 11 is 3.50. The number of aliphatic hydroxyl groups is 2. The molecule has 0 aliphatic carbocycles. The molecule has 0 spiro atoms. The normalized spacial score (nSPS) is 14.7. The number of aromatic nitrogens is 1. The third-order valence-electron chi connectivity index (χ3n) is 9.12. The Morgan fingerprint density at radius 3 is 2.02 bits per heavy atom. The van der Waals surface area contributed by atoms with Gasteiger partial charge in [-0.15, -0.1) is 0 Å². The number of methoxy groups -OCH3 is 1. The van der Waals surface area contributed by atoms with Crippen LogP contribution in [0.4, 0.5) is 0 Å². The van der Waals surface area contributed by atoms with E-state index < -0.39 is 43.6 Å². The third kappa shape index (κ3) is 8.38. The van der Waals surface area contributed by atoms with Crippen molar-refractivity contribution >= 4 is 40.6 Å². The van der Waals surface area contributed by atoms with Gasteiger partial charge in [0.05, 0.1) is 30.9 Å². The molecule has 3 unspecified atom stereocenters. The van der Waals surface area contributed by atoms with Gasteiger partial charge in [0.2, 0.25) is 0 Å². The Hall–Kier alpha value is -2.76. The monoisotopic (exact) mass is 715 g/mol. The summed E-state index contributed by atoms with van der Waals surface area (Å²) in [5, 5.41) is 23.0. The fourth-order valence-electron chi connectivity index (χ4n) is 6.22. The quantitative estimate of drug-likeness (QED) is 0.0824. The molecule has 0 saturated heterocycles. The second-order valence-corrected chi connectivity index (χ2v) is 17.6. The Morgan fingerprint density at radius 1 is 0.957 bits per heavy atom. The minimum atomic E-state index is -3.19. The molecule has 0 radical (unpaired) electrons. The number of ether oxygens (including phenoxy) is 3. The highest BCUT2D eigenvalue weighted by Gasteiger charge is 2.50. The Morgan fingerprint density at radius 2 is 1.52 bits per heavy atom. The Labute approximate surface area is 283 Å². The number of esters is 1. The highest BCUT2D eigenvalue weighted by Crippen LogP contribution is 2.50. The van der Waals surface area contributed by atoms with Crippen molar-refractivity contribution in [3.63, 3.8) is 0 Å². The van der Waals surface area contributed by atoms with Crippen molar-refractivity contribution in [2.75, 3.05) is 20.3 Å². The van der Waals surface area contributed by atoms with Gasteiger partial charge in [-0.05, 0) is 50.6 Å². The molecule has 252 valence electrons. The van der Waals surface area contributed by atoms with Crippen LogP contribution in [0.5, 0.6) is 11.5 Å². The van der Waals surface area contributed by atoms with E-state index in [1.807, 2.05) is 60.7 Å². The molecule has 1 aromatic heterocycles. The lowest BCUT2D eigenvalue weighted by Crippen LogP contribution is -2.65. The highest BCUT2D eigenvalue weighted by atomic mass is 79.9. The van der Waals surface area contributed by atoms with Gasteiger partial charge >= 0.3 is 5.97 Å². The van der Waals surface area contributed by atoms with Crippen LogP contribution < -0.4 is 19.8 Å². The molecular weight excluding hydrogens is 666 g/mol. The number of nitrogens with zero attached hydrogens (tertiary/aromatic N) is 1. The van der Waals surface area contributed by atoms with Gasteiger partial charge in [0, 0.05) is 18.5 Å². The number of aliphatic hydroxyl groups excluding tert-OH is 2. The third-order valence-corrected chi connectivity index (χ3v) is 14.2. The van der Waals surface area contributed by atoms with Gasteiger partial charge in [-0.1, -0.05) is 108 Å². The molecule has 3 atom stereocenters. The largest absolute Gasteiger partial charge is 0.491 e. The number of hydrogen-bond acceptors (Lipinski definition) is 8. The van der Waals surface area contributed by atoms with Crippen molar-refractivity contribution in [1.29, 1.82) is 0 Å². The van der Waals surface area contributed by atoms with Gasteiger partial charge in [0.25, 0.3) is 8.32 Å². The summed E-state index contributed by atoms with van der Waals surface area (Å²) < 4.78 is 18.3. The van der Waals surface area contributed by atoms with Crippen LogP contribution in [0.1, 0.15) is 84.9 Å². The van der Waals surface area contributed by atoms with E-state index in [2.05, 4.69) is 41.7 Å². The lowest BCUT2D eigenvalue weighted by atomic mass is 9.73. The molecule has 0 bridgehead atoms. The second kappa shape index (κ2) is 16.9. The number of pyridine rings is 1. The fraction of sp³-hybridized carbons (Fsp3) is 0.500. The first-order chi connectivity index (χ1) is 21.9. The standard InChI is InChI=1S/C36H50BrNO7Si/c1-7-8-23-44-32-29(37)24-38-31(33(32)43-6)34(45-26(2)40)36(5,30(41)25-39)22-16-15-21-35(3,4)46(42,27-17-11-9-12-18-27)28-19-13-10-14-20-28/h9-14,17-20,24,30,34,39,41-42H,7-8,15-16,21-23,25H2,1-6H3. The zero-order chi connectivity index (χ0) is 34.0. The van der Waals surface area contributed by atoms with Crippen molar-refractivity contribution in [3.05, 3.63) is 77.0 Å². The van der Waals surface area contributed by atoms with E-state index in [9.17, 15) is 19.8 Å². The number of carbonyl (C=O) groups is 1. The summed E-state index contributed by atoms with van der Waals surface area (Å²) in [6.45, 7) is 9.35. The molecule has 8 nitrogen and oxygen atoms in total. The number of unbranched alkanes of at least 4 members (excludes halogenated alkanes) is 2. The molecule has 10 heteroatoms. The zero-order valence-electron chi connectivity index (χ0n) is 28.0. The number of hydrogen-bond donors (Lipinski definition) is 3. The lowest BCUT2D eigenvalue weighted by Gasteiger charge is -2.42. The molecule has 0 fully saturated rings. The summed E-state index contributed by atoms with van der Waals surface area (Å²) in [5.41, 5.74) is -0.830.